The lowest BCUT2D eigenvalue weighted by Gasteiger charge is -2.24. The second-order valence-corrected chi connectivity index (χ2v) is 4.64. The van der Waals surface area contributed by atoms with Gasteiger partial charge in [-0.1, -0.05) is 43.7 Å². The summed E-state index contributed by atoms with van der Waals surface area (Å²) in [6.07, 6.45) is 5.08. The van der Waals surface area contributed by atoms with Gasteiger partial charge in [0.1, 0.15) is 0 Å². The van der Waals surface area contributed by atoms with Crippen LogP contribution >= 0.6 is 0 Å². The van der Waals surface area contributed by atoms with Gasteiger partial charge in [0.05, 0.1) is 0 Å². The standard InChI is InChI=1S/C17H25NO/c1-4-7-13-16(18(5-2)6-3)14-17(19)15-11-9-8-10-12-15/h8-12,14H,4-7,13H2,1-3H3/b16-14+. The number of allylic oxidation sites excluding steroid dienone is 2. The van der Waals surface area contributed by atoms with E-state index < -0.39 is 0 Å². The molecule has 0 aliphatic heterocycles. The Kier molecular flexibility index (Phi) is 6.94. The molecule has 19 heavy (non-hydrogen) atoms. The maximum absolute atomic E-state index is 12.3. The normalized spacial score (nSPS) is 11.4. The van der Waals surface area contributed by atoms with Crippen LogP contribution in [0.5, 0.6) is 0 Å². The fourth-order valence-corrected chi connectivity index (χ4v) is 2.15. The summed E-state index contributed by atoms with van der Waals surface area (Å²) in [5.41, 5.74) is 1.93. The average Bonchev–Trinajstić information content (AvgIpc) is 2.46. The van der Waals surface area contributed by atoms with Gasteiger partial charge in [-0.3, -0.25) is 4.79 Å². The number of carbonyl (C=O) groups excluding carboxylic acids is 1. The molecule has 0 aromatic heterocycles. The van der Waals surface area contributed by atoms with E-state index in [4.69, 9.17) is 0 Å². The van der Waals surface area contributed by atoms with E-state index in [0.29, 0.717) is 0 Å². The third-order valence-corrected chi connectivity index (χ3v) is 3.31. The molecule has 0 aliphatic carbocycles. The predicted molar refractivity (Wildman–Crippen MR) is 81.3 cm³/mol. The van der Waals surface area contributed by atoms with E-state index in [-0.39, 0.29) is 5.78 Å². The van der Waals surface area contributed by atoms with Gasteiger partial charge in [0, 0.05) is 30.4 Å². The molecule has 0 spiro atoms. The molecule has 1 aromatic carbocycles. The summed E-state index contributed by atoms with van der Waals surface area (Å²) < 4.78 is 0. The van der Waals surface area contributed by atoms with Crippen LogP contribution in [0.25, 0.3) is 0 Å². The molecule has 2 heteroatoms. The van der Waals surface area contributed by atoms with Crippen LogP contribution in [0.15, 0.2) is 42.1 Å². The van der Waals surface area contributed by atoms with Crippen LogP contribution in [-0.2, 0) is 0 Å². The van der Waals surface area contributed by atoms with Crippen LogP contribution < -0.4 is 0 Å². The van der Waals surface area contributed by atoms with Gasteiger partial charge >= 0.3 is 0 Å². The molecule has 1 aromatic rings. The lowest BCUT2D eigenvalue weighted by Crippen LogP contribution is -2.23. The Balaban J connectivity index is 2.89. The summed E-state index contributed by atoms with van der Waals surface area (Å²) in [5, 5.41) is 0. The highest BCUT2D eigenvalue weighted by molar-refractivity contribution is 6.04. The van der Waals surface area contributed by atoms with Crippen molar-refractivity contribution in [3.63, 3.8) is 0 Å². The number of nitrogens with zero attached hydrogens (tertiary/aromatic N) is 1. The first-order chi connectivity index (χ1) is 9.22. The minimum absolute atomic E-state index is 0.110. The van der Waals surface area contributed by atoms with Crippen LogP contribution in [0.1, 0.15) is 50.4 Å². The Morgan fingerprint density at radius 2 is 1.74 bits per heavy atom. The van der Waals surface area contributed by atoms with E-state index in [1.165, 1.54) is 5.70 Å². The number of hydrogen-bond acceptors (Lipinski definition) is 2. The van der Waals surface area contributed by atoms with E-state index >= 15 is 0 Å². The number of benzene rings is 1. The zero-order valence-corrected chi connectivity index (χ0v) is 12.4. The molecule has 0 fully saturated rings. The van der Waals surface area contributed by atoms with Crippen LogP contribution in [0.4, 0.5) is 0 Å². The predicted octanol–water partition coefficient (Wildman–Crippen LogP) is 4.29. The van der Waals surface area contributed by atoms with E-state index in [2.05, 4.69) is 25.7 Å². The molecular formula is C17H25NO. The van der Waals surface area contributed by atoms with Gasteiger partial charge in [0.25, 0.3) is 0 Å². The van der Waals surface area contributed by atoms with E-state index in [0.717, 1.165) is 37.9 Å². The number of carbonyl (C=O) groups is 1. The van der Waals surface area contributed by atoms with Crippen molar-refractivity contribution < 1.29 is 4.79 Å². The van der Waals surface area contributed by atoms with Crippen molar-refractivity contribution >= 4 is 5.78 Å². The van der Waals surface area contributed by atoms with E-state index in [9.17, 15) is 4.79 Å². The molecule has 104 valence electrons. The Morgan fingerprint density at radius 1 is 1.11 bits per heavy atom. The zero-order valence-electron chi connectivity index (χ0n) is 12.4. The molecule has 0 aliphatic rings. The second kappa shape index (κ2) is 8.52. The first-order valence-corrected chi connectivity index (χ1v) is 7.27. The van der Waals surface area contributed by atoms with Crippen molar-refractivity contribution in [3.05, 3.63) is 47.7 Å². The molecule has 0 heterocycles. The van der Waals surface area contributed by atoms with Crippen molar-refractivity contribution in [3.8, 4) is 0 Å². The number of unbranched alkanes of at least 4 members (excludes halogenated alkanes) is 1. The number of hydrogen-bond donors (Lipinski definition) is 0. The van der Waals surface area contributed by atoms with Gasteiger partial charge in [-0.2, -0.15) is 0 Å². The van der Waals surface area contributed by atoms with E-state index in [1.54, 1.807) is 0 Å². The van der Waals surface area contributed by atoms with Crippen LogP contribution in [0.3, 0.4) is 0 Å². The Morgan fingerprint density at radius 3 is 2.26 bits per heavy atom. The summed E-state index contributed by atoms with van der Waals surface area (Å²) in [6, 6.07) is 9.49. The zero-order chi connectivity index (χ0) is 14.1. The molecular weight excluding hydrogens is 234 g/mol. The van der Waals surface area contributed by atoms with Gasteiger partial charge in [-0.05, 0) is 26.7 Å². The molecule has 0 saturated carbocycles. The fourth-order valence-electron chi connectivity index (χ4n) is 2.15. The quantitative estimate of drug-likeness (QED) is 0.513. The summed E-state index contributed by atoms with van der Waals surface area (Å²) in [5.74, 6) is 0.110. The van der Waals surface area contributed by atoms with Crippen molar-refractivity contribution in [2.24, 2.45) is 0 Å². The Labute approximate surface area is 117 Å². The average molecular weight is 259 g/mol. The third-order valence-electron chi connectivity index (χ3n) is 3.31. The maximum atomic E-state index is 12.3. The summed E-state index contributed by atoms with van der Waals surface area (Å²) >= 11 is 0. The lowest BCUT2D eigenvalue weighted by atomic mass is 10.1. The topological polar surface area (TPSA) is 20.3 Å². The second-order valence-electron chi connectivity index (χ2n) is 4.64. The van der Waals surface area contributed by atoms with Gasteiger partial charge in [0.15, 0.2) is 5.78 Å². The van der Waals surface area contributed by atoms with Crippen molar-refractivity contribution in [2.45, 2.75) is 40.0 Å². The monoisotopic (exact) mass is 259 g/mol. The molecule has 0 amide bonds. The summed E-state index contributed by atoms with van der Waals surface area (Å²) in [4.78, 5) is 14.5. The molecule has 0 bridgehead atoms. The van der Waals surface area contributed by atoms with Crippen molar-refractivity contribution in [2.75, 3.05) is 13.1 Å². The smallest absolute Gasteiger partial charge is 0.187 e. The highest BCUT2D eigenvalue weighted by atomic mass is 16.1. The molecule has 0 saturated heterocycles. The van der Waals surface area contributed by atoms with Crippen molar-refractivity contribution in [1.82, 2.24) is 4.90 Å². The van der Waals surface area contributed by atoms with Crippen LogP contribution in [0, 0.1) is 0 Å². The fraction of sp³-hybridized carbons (Fsp3) is 0.471. The van der Waals surface area contributed by atoms with Crippen molar-refractivity contribution in [1.29, 1.82) is 0 Å². The molecule has 1 rings (SSSR count). The third kappa shape index (κ3) is 4.90. The van der Waals surface area contributed by atoms with Gasteiger partial charge in [-0.15, -0.1) is 0 Å². The highest BCUT2D eigenvalue weighted by Crippen LogP contribution is 2.14. The lowest BCUT2D eigenvalue weighted by molar-refractivity contribution is 0.104. The summed E-state index contributed by atoms with van der Waals surface area (Å²) in [6.45, 7) is 8.35. The Bertz CT molecular complexity index is 405. The highest BCUT2D eigenvalue weighted by Gasteiger charge is 2.09. The van der Waals surface area contributed by atoms with Gasteiger partial charge in [0.2, 0.25) is 0 Å². The minimum Gasteiger partial charge on any atom is -0.375 e. The van der Waals surface area contributed by atoms with Gasteiger partial charge < -0.3 is 4.90 Å². The molecule has 0 radical (unpaired) electrons. The van der Waals surface area contributed by atoms with Crippen LogP contribution in [-0.4, -0.2) is 23.8 Å². The molecule has 2 nitrogen and oxygen atoms in total. The van der Waals surface area contributed by atoms with Gasteiger partial charge in [-0.25, -0.2) is 0 Å². The Hall–Kier alpha value is -1.57. The number of ketones is 1. The molecule has 0 unspecified atom stereocenters. The van der Waals surface area contributed by atoms with E-state index in [1.807, 2.05) is 36.4 Å². The first kappa shape index (κ1) is 15.5. The summed E-state index contributed by atoms with van der Waals surface area (Å²) in [7, 11) is 0. The van der Waals surface area contributed by atoms with Crippen LogP contribution in [0.2, 0.25) is 0 Å². The SMILES string of the molecule is CCCC/C(=C\C(=O)c1ccccc1)N(CC)CC. The molecule has 0 atom stereocenters. The largest absolute Gasteiger partial charge is 0.375 e. The number of rotatable bonds is 8. The maximum Gasteiger partial charge on any atom is 0.187 e. The molecule has 0 N–H and O–H groups in total. The minimum atomic E-state index is 0.110. The first-order valence-electron chi connectivity index (χ1n) is 7.27.